The summed E-state index contributed by atoms with van der Waals surface area (Å²) in [6, 6.07) is 13.6. The minimum absolute atomic E-state index is 0.0624. The van der Waals surface area contributed by atoms with Crippen LogP contribution in [0.1, 0.15) is 41.6 Å². The van der Waals surface area contributed by atoms with Crippen LogP contribution in [0.3, 0.4) is 0 Å². The van der Waals surface area contributed by atoms with E-state index in [4.69, 9.17) is 18.9 Å². The summed E-state index contributed by atoms with van der Waals surface area (Å²) in [5.74, 6) is -1.73. The van der Waals surface area contributed by atoms with Crippen LogP contribution in [0.15, 0.2) is 48.5 Å². The Balaban J connectivity index is 2.25. The Morgan fingerprint density at radius 1 is 0.941 bits per heavy atom. The van der Waals surface area contributed by atoms with Crippen molar-refractivity contribution in [1.82, 2.24) is 9.78 Å². The van der Waals surface area contributed by atoms with Gasteiger partial charge < -0.3 is 18.9 Å². The first kappa shape index (κ1) is 24.5. The van der Waals surface area contributed by atoms with Gasteiger partial charge in [0.1, 0.15) is 11.3 Å². The van der Waals surface area contributed by atoms with Crippen LogP contribution >= 0.6 is 0 Å². The van der Waals surface area contributed by atoms with Gasteiger partial charge in [-0.1, -0.05) is 32.0 Å². The van der Waals surface area contributed by atoms with Gasteiger partial charge >= 0.3 is 17.9 Å². The fourth-order valence-corrected chi connectivity index (χ4v) is 3.19. The van der Waals surface area contributed by atoms with Crippen molar-refractivity contribution in [2.75, 3.05) is 20.8 Å². The maximum absolute atomic E-state index is 12.8. The highest BCUT2D eigenvalue weighted by Gasteiger charge is 2.31. The van der Waals surface area contributed by atoms with Gasteiger partial charge in [0.15, 0.2) is 17.2 Å². The number of hydrogen-bond acceptors (Lipinski definition) is 8. The van der Waals surface area contributed by atoms with Crippen molar-refractivity contribution in [3.63, 3.8) is 0 Å². The topological polar surface area (TPSA) is 106 Å². The molecule has 0 spiro atoms. The Morgan fingerprint density at radius 2 is 1.62 bits per heavy atom. The van der Waals surface area contributed by atoms with E-state index in [1.165, 1.54) is 18.9 Å². The second-order valence-electron chi connectivity index (χ2n) is 7.47. The summed E-state index contributed by atoms with van der Waals surface area (Å²) >= 11 is 0. The largest absolute Gasteiger partial charge is 0.490 e. The molecular weight excluding hydrogens is 440 g/mol. The Labute approximate surface area is 197 Å². The van der Waals surface area contributed by atoms with Crippen LogP contribution < -0.4 is 9.47 Å². The van der Waals surface area contributed by atoms with E-state index in [1.54, 1.807) is 63.2 Å². The van der Waals surface area contributed by atoms with E-state index in [0.29, 0.717) is 23.6 Å². The number of hydrogen-bond donors (Lipinski definition) is 0. The lowest BCUT2D eigenvalue weighted by molar-refractivity contribution is -0.137. The van der Waals surface area contributed by atoms with Gasteiger partial charge in [0.05, 0.1) is 32.4 Å². The van der Waals surface area contributed by atoms with Crippen LogP contribution in [0, 0.1) is 5.92 Å². The molecule has 2 aromatic carbocycles. The minimum atomic E-state index is -0.758. The normalized spacial score (nSPS) is 10.6. The Morgan fingerprint density at radius 3 is 2.21 bits per heavy atom. The summed E-state index contributed by atoms with van der Waals surface area (Å²) in [4.78, 5) is 37.6. The van der Waals surface area contributed by atoms with Gasteiger partial charge in [0, 0.05) is 5.56 Å². The molecule has 0 atom stereocenters. The smallest absolute Gasteiger partial charge is 0.357 e. The first-order valence-corrected chi connectivity index (χ1v) is 10.7. The molecule has 0 fully saturated rings. The van der Waals surface area contributed by atoms with Crippen molar-refractivity contribution in [3.05, 3.63) is 59.8 Å². The Bertz CT molecular complexity index is 1200. The minimum Gasteiger partial charge on any atom is -0.490 e. The maximum atomic E-state index is 12.8. The third-order valence-corrected chi connectivity index (χ3v) is 4.85. The predicted octanol–water partition coefficient (Wildman–Crippen LogP) is 4.07. The van der Waals surface area contributed by atoms with Crippen LogP contribution in [0.5, 0.6) is 11.5 Å². The average Bonchev–Trinajstić information content (AvgIpc) is 3.25. The number of aromatic nitrogens is 2. The van der Waals surface area contributed by atoms with Crippen LogP contribution in [-0.2, 0) is 14.3 Å². The van der Waals surface area contributed by atoms with Crippen LogP contribution in [0.2, 0.25) is 0 Å². The van der Waals surface area contributed by atoms with E-state index >= 15 is 0 Å². The van der Waals surface area contributed by atoms with E-state index < -0.39 is 17.9 Å². The first-order valence-electron chi connectivity index (χ1n) is 10.7. The molecular formula is C25H26N2O7. The Kier molecular flexibility index (Phi) is 7.68. The van der Waals surface area contributed by atoms with Gasteiger partial charge in [-0.05, 0) is 37.3 Å². The van der Waals surface area contributed by atoms with Crippen LogP contribution in [-0.4, -0.2) is 48.5 Å². The van der Waals surface area contributed by atoms with Gasteiger partial charge in [0.25, 0.3) is 0 Å². The fourth-order valence-electron chi connectivity index (χ4n) is 3.19. The van der Waals surface area contributed by atoms with E-state index in [-0.39, 0.29) is 28.6 Å². The molecule has 0 saturated heterocycles. The monoisotopic (exact) mass is 466 g/mol. The molecule has 3 rings (SSSR count). The summed E-state index contributed by atoms with van der Waals surface area (Å²) in [6.07, 6.45) is 0. The molecule has 9 nitrogen and oxygen atoms in total. The number of rotatable bonds is 8. The molecule has 0 bridgehead atoms. The summed E-state index contributed by atoms with van der Waals surface area (Å²) in [5.41, 5.74) is 1.04. The number of benzene rings is 2. The zero-order valence-corrected chi connectivity index (χ0v) is 19.7. The van der Waals surface area contributed by atoms with E-state index in [9.17, 15) is 14.4 Å². The van der Waals surface area contributed by atoms with Crippen molar-refractivity contribution < 1.29 is 33.3 Å². The first-order chi connectivity index (χ1) is 16.3. The zero-order chi connectivity index (χ0) is 24.8. The van der Waals surface area contributed by atoms with Crippen molar-refractivity contribution in [1.29, 1.82) is 0 Å². The number of esters is 3. The van der Waals surface area contributed by atoms with Crippen LogP contribution in [0.4, 0.5) is 0 Å². The summed E-state index contributed by atoms with van der Waals surface area (Å²) in [5, 5.41) is 4.56. The van der Waals surface area contributed by atoms with Crippen molar-refractivity contribution in [2.24, 2.45) is 5.92 Å². The molecule has 0 saturated carbocycles. The van der Waals surface area contributed by atoms with Gasteiger partial charge in [-0.2, -0.15) is 5.10 Å². The lowest BCUT2D eigenvalue weighted by atomic mass is 10.0. The highest BCUT2D eigenvalue weighted by molar-refractivity contribution is 6.07. The Hall–Kier alpha value is -4.14. The molecule has 0 radical (unpaired) electrons. The quantitative estimate of drug-likeness (QED) is 0.361. The fraction of sp³-hybridized carbons (Fsp3) is 0.280. The van der Waals surface area contributed by atoms with Crippen molar-refractivity contribution >= 4 is 17.9 Å². The lowest BCUT2D eigenvalue weighted by Crippen LogP contribution is -2.15. The molecule has 3 aromatic rings. The second kappa shape index (κ2) is 10.7. The molecule has 0 aliphatic carbocycles. The predicted molar refractivity (Wildman–Crippen MR) is 123 cm³/mol. The maximum Gasteiger partial charge on any atom is 0.357 e. The van der Waals surface area contributed by atoms with Gasteiger partial charge in [-0.3, -0.25) is 4.79 Å². The number of methoxy groups -OCH3 is 2. The molecule has 1 aromatic heterocycles. The number of nitrogens with zero attached hydrogens (tertiary/aromatic N) is 2. The van der Waals surface area contributed by atoms with E-state index in [0.717, 1.165) is 0 Å². The highest BCUT2D eigenvalue weighted by atomic mass is 16.6. The highest BCUT2D eigenvalue weighted by Crippen LogP contribution is 2.36. The van der Waals surface area contributed by atoms with Gasteiger partial charge in [-0.25, -0.2) is 14.3 Å². The third kappa shape index (κ3) is 4.93. The number of ether oxygens (including phenoxy) is 4. The molecule has 0 aliphatic rings. The van der Waals surface area contributed by atoms with Crippen LogP contribution in [0.25, 0.3) is 16.9 Å². The van der Waals surface area contributed by atoms with Gasteiger partial charge in [-0.15, -0.1) is 0 Å². The lowest BCUT2D eigenvalue weighted by Gasteiger charge is -2.13. The molecule has 1 heterocycles. The summed E-state index contributed by atoms with van der Waals surface area (Å²) in [7, 11) is 2.43. The summed E-state index contributed by atoms with van der Waals surface area (Å²) in [6.45, 7) is 5.56. The average molecular weight is 466 g/mol. The molecule has 9 heteroatoms. The molecule has 34 heavy (non-hydrogen) atoms. The zero-order valence-electron chi connectivity index (χ0n) is 19.7. The van der Waals surface area contributed by atoms with E-state index in [1.807, 2.05) is 6.07 Å². The number of carbonyl (C=O) groups excluding carboxylic acids is 3. The number of para-hydroxylation sites is 1. The number of carbonyl (C=O) groups is 3. The molecule has 0 unspecified atom stereocenters. The molecule has 0 aliphatic heterocycles. The van der Waals surface area contributed by atoms with E-state index in [2.05, 4.69) is 5.10 Å². The summed E-state index contributed by atoms with van der Waals surface area (Å²) < 4.78 is 22.4. The third-order valence-electron chi connectivity index (χ3n) is 4.85. The molecule has 178 valence electrons. The molecule has 0 N–H and O–H groups in total. The second-order valence-corrected chi connectivity index (χ2v) is 7.47. The standard InChI is InChI=1S/C25H26N2O7/c1-6-33-19-14-16(12-13-18(19)34-23(28)15(2)3)21-20(24(29)31-4)22(25(30)32-5)27(26-21)17-10-8-7-9-11-17/h7-15H,6H2,1-5H3. The van der Waals surface area contributed by atoms with Gasteiger partial charge in [0.2, 0.25) is 0 Å². The van der Waals surface area contributed by atoms with Crippen molar-refractivity contribution in [2.45, 2.75) is 20.8 Å². The SMILES string of the molecule is CCOc1cc(-c2nn(-c3ccccc3)c(C(=O)OC)c2C(=O)OC)ccc1OC(=O)C(C)C. The van der Waals surface area contributed by atoms with Crippen molar-refractivity contribution in [3.8, 4) is 28.4 Å². The molecule has 0 amide bonds.